The first-order valence-corrected chi connectivity index (χ1v) is 9.55. The maximum Gasteiger partial charge on any atom is 0.416 e. The maximum atomic E-state index is 13.3. The van der Waals surface area contributed by atoms with Gasteiger partial charge in [-0.3, -0.25) is 19.7 Å². The Morgan fingerprint density at radius 3 is 1.97 bits per heavy atom. The lowest BCUT2D eigenvalue weighted by Crippen LogP contribution is -2.44. The zero-order chi connectivity index (χ0) is 25.0. The summed E-state index contributed by atoms with van der Waals surface area (Å²) >= 11 is 0. The molecule has 0 saturated carbocycles. The van der Waals surface area contributed by atoms with Gasteiger partial charge in [-0.2, -0.15) is 13.2 Å². The van der Waals surface area contributed by atoms with E-state index < -0.39 is 52.0 Å². The van der Waals surface area contributed by atoms with Gasteiger partial charge in [0.05, 0.1) is 31.8 Å². The Labute approximate surface area is 187 Å². The summed E-state index contributed by atoms with van der Waals surface area (Å²) in [6, 6.07) is 8.06. The highest BCUT2D eigenvalue weighted by atomic mass is 19.4. The van der Waals surface area contributed by atoms with Gasteiger partial charge in [0.25, 0.3) is 5.69 Å². The van der Waals surface area contributed by atoms with E-state index in [0.29, 0.717) is 23.4 Å². The Bertz CT molecular complexity index is 1020. The Kier molecular flexibility index (Phi) is 7.68. The van der Waals surface area contributed by atoms with E-state index >= 15 is 0 Å². The van der Waals surface area contributed by atoms with E-state index in [1.165, 1.54) is 38.3 Å². The summed E-state index contributed by atoms with van der Waals surface area (Å²) < 4.78 is 54.6. The molecule has 0 fully saturated rings. The fourth-order valence-electron chi connectivity index (χ4n) is 3.61. The van der Waals surface area contributed by atoms with Gasteiger partial charge in [0, 0.05) is 17.5 Å². The van der Waals surface area contributed by atoms with Gasteiger partial charge in [0.2, 0.25) is 0 Å². The van der Waals surface area contributed by atoms with Gasteiger partial charge >= 0.3 is 18.1 Å². The lowest BCUT2D eigenvalue weighted by Gasteiger charge is -2.33. The first kappa shape index (κ1) is 25.6. The first-order chi connectivity index (χ1) is 15.4. The van der Waals surface area contributed by atoms with Gasteiger partial charge in [0.1, 0.15) is 5.75 Å². The zero-order valence-corrected chi connectivity index (χ0v) is 18.3. The summed E-state index contributed by atoms with van der Waals surface area (Å²) in [6.07, 6.45) is -5.22. The Hall–Kier alpha value is -3.63. The molecule has 2 rings (SSSR count). The molecule has 8 nitrogen and oxygen atoms in total. The van der Waals surface area contributed by atoms with Gasteiger partial charge in [-0.25, -0.2) is 0 Å². The number of methoxy groups -OCH3 is 3. The Balaban J connectivity index is 2.77. The van der Waals surface area contributed by atoms with E-state index in [1.54, 1.807) is 0 Å². The molecule has 0 aliphatic heterocycles. The van der Waals surface area contributed by atoms with Gasteiger partial charge in [0.15, 0.2) is 5.41 Å². The van der Waals surface area contributed by atoms with Crippen LogP contribution >= 0.6 is 0 Å². The quantitative estimate of drug-likeness (QED) is 0.246. The second kappa shape index (κ2) is 9.88. The molecule has 2 aromatic rings. The Morgan fingerprint density at radius 2 is 1.55 bits per heavy atom. The number of hydrogen-bond acceptors (Lipinski definition) is 7. The van der Waals surface area contributed by atoms with Crippen molar-refractivity contribution in [2.24, 2.45) is 5.41 Å². The number of carbonyl (C=O) groups is 2. The predicted octanol–water partition coefficient (Wildman–Crippen LogP) is 4.30. The second-order valence-corrected chi connectivity index (χ2v) is 7.31. The zero-order valence-electron chi connectivity index (χ0n) is 18.3. The molecule has 33 heavy (non-hydrogen) atoms. The van der Waals surface area contributed by atoms with E-state index in [9.17, 15) is 32.9 Å². The molecule has 0 aliphatic carbocycles. The molecule has 1 atom stereocenters. The largest absolute Gasteiger partial charge is 0.497 e. The number of alkyl halides is 3. The second-order valence-electron chi connectivity index (χ2n) is 7.31. The number of ether oxygens (including phenoxy) is 3. The van der Waals surface area contributed by atoms with Crippen molar-refractivity contribution in [3.05, 3.63) is 69.3 Å². The van der Waals surface area contributed by atoms with Crippen LogP contribution in [0.1, 0.15) is 29.5 Å². The first-order valence-electron chi connectivity index (χ1n) is 9.55. The third-order valence-corrected chi connectivity index (χ3v) is 5.46. The minimum absolute atomic E-state index is 0.310. The highest BCUT2D eigenvalue weighted by Gasteiger charge is 2.51. The van der Waals surface area contributed by atoms with Gasteiger partial charge in [-0.05, 0) is 43.2 Å². The van der Waals surface area contributed by atoms with Gasteiger partial charge in [-0.1, -0.05) is 12.1 Å². The molecule has 0 radical (unpaired) electrons. The molecule has 11 heteroatoms. The third kappa shape index (κ3) is 5.24. The maximum absolute atomic E-state index is 13.3. The van der Waals surface area contributed by atoms with E-state index in [4.69, 9.17) is 14.2 Å². The normalized spacial score (nSPS) is 12.6. The van der Waals surface area contributed by atoms with Crippen molar-refractivity contribution in [1.29, 1.82) is 0 Å². The number of halogens is 3. The third-order valence-electron chi connectivity index (χ3n) is 5.46. The minimum Gasteiger partial charge on any atom is -0.497 e. The van der Waals surface area contributed by atoms with Crippen LogP contribution in [0, 0.1) is 15.5 Å². The van der Waals surface area contributed by atoms with Crippen molar-refractivity contribution in [2.75, 3.05) is 21.3 Å². The number of benzene rings is 2. The fraction of sp³-hybridized carbons (Fsp3) is 0.364. The molecule has 0 N–H and O–H groups in total. The number of nitrogens with zero attached hydrogens (tertiary/aromatic N) is 1. The molecule has 1 unspecified atom stereocenters. The standard InChI is InChI=1S/C22H22F3NO7/c1-21(19(27)32-3,20(28)33-4)17(13-5-8-16(31-2)9-6-13)12-14-11-15(22(23,24)25)7-10-18(14)26(29)30/h5-11,17H,12H2,1-4H3. The molecule has 0 aromatic heterocycles. The molecular weight excluding hydrogens is 447 g/mol. The van der Waals surface area contributed by atoms with E-state index in [1.807, 2.05) is 0 Å². The lowest BCUT2D eigenvalue weighted by molar-refractivity contribution is -0.385. The highest BCUT2D eigenvalue weighted by Crippen LogP contribution is 2.43. The summed E-state index contributed by atoms with van der Waals surface area (Å²) in [7, 11) is 3.51. The minimum atomic E-state index is -4.76. The van der Waals surface area contributed by atoms with Crippen LogP contribution in [0.15, 0.2) is 42.5 Å². The molecule has 0 saturated heterocycles. The Morgan fingerprint density at radius 1 is 1.00 bits per heavy atom. The molecule has 0 spiro atoms. The van der Waals surface area contributed by atoms with Crippen LogP contribution in [0.2, 0.25) is 0 Å². The van der Waals surface area contributed by atoms with Crippen LogP contribution < -0.4 is 4.74 Å². The van der Waals surface area contributed by atoms with Crippen LogP contribution in [0.25, 0.3) is 0 Å². The summed E-state index contributed by atoms with van der Waals surface area (Å²) in [5, 5.41) is 11.5. The van der Waals surface area contributed by atoms with Gasteiger partial charge in [-0.15, -0.1) is 0 Å². The molecule has 0 bridgehead atoms. The monoisotopic (exact) mass is 469 g/mol. The topological polar surface area (TPSA) is 105 Å². The van der Waals surface area contributed by atoms with Crippen LogP contribution in [0.4, 0.5) is 18.9 Å². The highest BCUT2D eigenvalue weighted by molar-refractivity contribution is 6.00. The van der Waals surface area contributed by atoms with E-state index in [2.05, 4.69) is 0 Å². The van der Waals surface area contributed by atoms with Crippen molar-refractivity contribution in [2.45, 2.75) is 25.4 Å². The molecule has 0 heterocycles. The predicted molar refractivity (Wildman–Crippen MR) is 110 cm³/mol. The molecule has 178 valence electrons. The number of carbonyl (C=O) groups excluding carboxylic acids is 2. The van der Waals surface area contributed by atoms with Crippen molar-refractivity contribution >= 4 is 17.6 Å². The molecule has 0 aliphatic rings. The van der Waals surface area contributed by atoms with E-state index in [-0.39, 0.29) is 5.56 Å². The van der Waals surface area contributed by atoms with Crippen LogP contribution in [0.5, 0.6) is 5.75 Å². The van der Waals surface area contributed by atoms with Crippen molar-refractivity contribution < 1.29 is 41.9 Å². The molecule has 2 aromatic carbocycles. The number of nitro benzene ring substituents is 1. The number of rotatable bonds is 8. The number of esters is 2. The van der Waals surface area contributed by atoms with Crippen LogP contribution in [0.3, 0.4) is 0 Å². The molecule has 0 amide bonds. The fourth-order valence-corrected chi connectivity index (χ4v) is 3.61. The lowest BCUT2D eigenvalue weighted by atomic mass is 9.70. The van der Waals surface area contributed by atoms with Crippen LogP contribution in [-0.4, -0.2) is 38.2 Å². The number of hydrogen-bond donors (Lipinski definition) is 0. The molecular formula is C22H22F3NO7. The van der Waals surface area contributed by atoms with Crippen molar-refractivity contribution in [3.63, 3.8) is 0 Å². The van der Waals surface area contributed by atoms with E-state index in [0.717, 1.165) is 20.3 Å². The van der Waals surface area contributed by atoms with Crippen molar-refractivity contribution in [3.8, 4) is 5.75 Å². The summed E-state index contributed by atoms with van der Waals surface area (Å²) in [5.74, 6) is -2.75. The summed E-state index contributed by atoms with van der Waals surface area (Å²) in [6.45, 7) is 1.22. The summed E-state index contributed by atoms with van der Waals surface area (Å²) in [5.41, 5.74) is -3.69. The summed E-state index contributed by atoms with van der Waals surface area (Å²) in [4.78, 5) is 36.2. The number of nitro groups is 1. The SMILES string of the molecule is COC(=O)C(C)(C(=O)OC)C(Cc1cc(C(F)(F)F)ccc1[N+](=O)[O-])c1ccc(OC)cc1. The van der Waals surface area contributed by atoms with Crippen LogP contribution in [-0.2, 0) is 31.7 Å². The average Bonchev–Trinajstić information content (AvgIpc) is 2.80. The smallest absolute Gasteiger partial charge is 0.416 e. The van der Waals surface area contributed by atoms with Crippen molar-refractivity contribution in [1.82, 2.24) is 0 Å². The average molecular weight is 469 g/mol. The van der Waals surface area contributed by atoms with Gasteiger partial charge < -0.3 is 14.2 Å².